The molecule has 0 bridgehead atoms. The molecule has 4 nitrogen and oxygen atoms in total. The Morgan fingerprint density at radius 2 is 1.17 bits per heavy atom. The Kier molecular flexibility index (Phi) is 6.60. The number of nitrogens with zero attached hydrogens (tertiary/aromatic N) is 3. The van der Waals surface area contributed by atoms with Crippen molar-refractivity contribution in [1.29, 1.82) is 5.26 Å². The minimum atomic E-state index is -0.236. The van der Waals surface area contributed by atoms with Crippen LogP contribution in [0.1, 0.15) is 28.4 Å². The number of rotatable bonds is 5. The van der Waals surface area contributed by atoms with E-state index in [1.165, 1.54) is 0 Å². The number of benzene rings is 6. The lowest BCUT2D eigenvalue weighted by atomic mass is 9.96. The first-order valence-corrected chi connectivity index (χ1v) is 13.9. The molecule has 1 unspecified atom stereocenters. The summed E-state index contributed by atoms with van der Waals surface area (Å²) < 4.78 is 0. The van der Waals surface area contributed by atoms with E-state index in [9.17, 15) is 5.26 Å². The minimum Gasteiger partial charge on any atom is -0.344 e. The van der Waals surface area contributed by atoms with E-state index < -0.39 is 0 Å². The molecule has 0 aliphatic carbocycles. The van der Waals surface area contributed by atoms with Crippen LogP contribution in [0, 0.1) is 11.3 Å². The molecule has 0 amide bonds. The number of hydrogen-bond donors (Lipinski definition) is 1. The summed E-state index contributed by atoms with van der Waals surface area (Å²) in [5.74, 6) is 1.51. The van der Waals surface area contributed by atoms with Crippen molar-refractivity contribution in [3.05, 3.63) is 168 Å². The lowest BCUT2D eigenvalue weighted by molar-refractivity contribution is 0.674. The van der Waals surface area contributed by atoms with E-state index in [0.29, 0.717) is 11.4 Å². The van der Waals surface area contributed by atoms with Gasteiger partial charge in [0.1, 0.15) is 12.0 Å². The van der Waals surface area contributed by atoms with Crippen molar-refractivity contribution in [3.8, 4) is 28.3 Å². The largest absolute Gasteiger partial charge is 0.344 e. The van der Waals surface area contributed by atoms with Crippen molar-refractivity contribution < 1.29 is 0 Å². The number of hydrogen-bond acceptors (Lipinski definition) is 4. The summed E-state index contributed by atoms with van der Waals surface area (Å²) in [7, 11) is 0. The molecule has 1 N–H and O–H groups in total. The first-order valence-electron chi connectivity index (χ1n) is 13.9. The molecule has 0 saturated heterocycles. The molecule has 0 aromatic heterocycles. The van der Waals surface area contributed by atoms with Crippen molar-refractivity contribution in [3.63, 3.8) is 0 Å². The van der Waals surface area contributed by atoms with E-state index >= 15 is 0 Å². The van der Waals surface area contributed by atoms with E-state index in [0.717, 1.165) is 55.6 Å². The maximum Gasteiger partial charge on any atom is 0.159 e. The molecular weight excluding hydrogens is 512 g/mol. The van der Waals surface area contributed by atoms with Gasteiger partial charge in [-0.25, -0.2) is 9.98 Å². The van der Waals surface area contributed by atoms with E-state index in [2.05, 4.69) is 84.2 Å². The van der Waals surface area contributed by atoms with Gasteiger partial charge < -0.3 is 5.32 Å². The van der Waals surface area contributed by atoms with Gasteiger partial charge in [0, 0.05) is 11.1 Å². The smallest absolute Gasteiger partial charge is 0.159 e. The van der Waals surface area contributed by atoms with Crippen LogP contribution in [-0.2, 0) is 0 Å². The van der Waals surface area contributed by atoms with Gasteiger partial charge >= 0.3 is 0 Å². The van der Waals surface area contributed by atoms with Crippen LogP contribution in [0.2, 0.25) is 0 Å². The number of fused-ring (bicyclic) bond motifs is 1. The first kappa shape index (κ1) is 25.2. The van der Waals surface area contributed by atoms with Crippen LogP contribution in [0.5, 0.6) is 0 Å². The third-order valence-electron chi connectivity index (χ3n) is 7.58. The normalized spacial score (nSPS) is 14.4. The van der Waals surface area contributed by atoms with Gasteiger partial charge in [-0.15, -0.1) is 0 Å². The highest BCUT2D eigenvalue weighted by molar-refractivity contribution is 6.14. The highest BCUT2D eigenvalue weighted by Gasteiger charge is 2.21. The summed E-state index contributed by atoms with van der Waals surface area (Å²) in [6, 6.07) is 51.8. The number of nitrogens with one attached hydrogen (secondary N) is 1. The fourth-order valence-electron chi connectivity index (χ4n) is 5.37. The molecule has 1 aliphatic rings. The molecule has 0 saturated carbocycles. The Bertz CT molecular complexity index is 2000. The quantitative estimate of drug-likeness (QED) is 0.239. The highest BCUT2D eigenvalue weighted by Crippen LogP contribution is 2.30. The zero-order valence-electron chi connectivity index (χ0n) is 22.8. The van der Waals surface area contributed by atoms with E-state index in [1.807, 2.05) is 72.8 Å². The van der Waals surface area contributed by atoms with Crippen LogP contribution in [-0.4, -0.2) is 11.7 Å². The second-order valence-electron chi connectivity index (χ2n) is 10.2. The molecule has 4 heteroatoms. The van der Waals surface area contributed by atoms with Crippen molar-refractivity contribution in [1.82, 2.24) is 5.32 Å². The van der Waals surface area contributed by atoms with Gasteiger partial charge in [-0.1, -0.05) is 127 Å². The zero-order chi connectivity index (χ0) is 28.3. The SMILES string of the molecule is N#Cc1ccccc1-c1ccc(-c2ccc3ccc(C4=NC(c5ccccc5)=NC(c5ccccc5)N4)cc3c2)cc1. The standard InChI is InChI=1S/C38H26N4/c39-25-33-13-7-8-14-35(33)28-19-15-26(16-20-28)31-21-17-27-18-22-32(24-34(27)23-31)38-41-36(29-9-3-1-4-10-29)40-37(42-38)30-11-5-2-6-12-30/h1-24,36H,(H,40,41,42). The van der Waals surface area contributed by atoms with Crippen LogP contribution >= 0.6 is 0 Å². The van der Waals surface area contributed by atoms with Gasteiger partial charge in [0.05, 0.1) is 11.6 Å². The summed E-state index contributed by atoms with van der Waals surface area (Å²) in [4.78, 5) is 9.92. The highest BCUT2D eigenvalue weighted by atomic mass is 15.2. The van der Waals surface area contributed by atoms with E-state index in [-0.39, 0.29) is 6.17 Å². The van der Waals surface area contributed by atoms with Crippen LogP contribution in [0.25, 0.3) is 33.0 Å². The van der Waals surface area contributed by atoms with Crippen molar-refractivity contribution >= 4 is 22.4 Å². The van der Waals surface area contributed by atoms with Gasteiger partial charge in [0.15, 0.2) is 5.84 Å². The second kappa shape index (κ2) is 11.0. The molecule has 1 aliphatic heterocycles. The average molecular weight is 539 g/mol. The van der Waals surface area contributed by atoms with Crippen molar-refractivity contribution in [2.24, 2.45) is 9.98 Å². The predicted molar refractivity (Wildman–Crippen MR) is 171 cm³/mol. The molecule has 1 heterocycles. The zero-order valence-corrected chi connectivity index (χ0v) is 22.8. The Labute approximate surface area is 245 Å². The van der Waals surface area contributed by atoms with E-state index in [4.69, 9.17) is 9.98 Å². The number of aliphatic imine (C=N–C) groups is 2. The predicted octanol–water partition coefficient (Wildman–Crippen LogP) is 8.54. The maximum atomic E-state index is 9.51. The number of amidine groups is 2. The Morgan fingerprint density at radius 3 is 1.93 bits per heavy atom. The second-order valence-corrected chi connectivity index (χ2v) is 10.2. The minimum absolute atomic E-state index is 0.236. The third-order valence-corrected chi connectivity index (χ3v) is 7.58. The molecule has 198 valence electrons. The lowest BCUT2D eigenvalue weighted by Gasteiger charge is -2.23. The van der Waals surface area contributed by atoms with Gasteiger partial charge in [-0.05, 0) is 56.8 Å². The molecule has 6 aromatic rings. The fraction of sp³-hybridized carbons (Fsp3) is 0.0263. The van der Waals surface area contributed by atoms with E-state index in [1.54, 1.807) is 0 Å². The Morgan fingerprint density at radius 1 is 0.548 bits per heavy atom. The molecule has 0 fully saturated rings. The van der Waals surface area contributed by atoms with Gasteiger partial charge in [0.2, 0.25) is 0 Å². The number of nitriles is 1. The summed E-state index contributed by atoms with van der Waals surface area (Å²) >= 11 is 0. The molecule has 7 rings (SSSR count). The van der Waals surface area contributed by atoms with Crippen LogP contribution in [0.3, 0.4) is 0 Å². The summed E-state index contributed by atoms with van der Waals surface area (Å²) in [6.45, 7) is 0. The maximum absolute atomic E-state index is 9.51. The van der Waals surface area contributed by atoms with Gasteiger partial charge in [-0.3, -0.25) is 0 Å². The van der Waals surface area contributed by atoms with Crippen LogP contribution < -0.4 is 5.32 Å². The van der Waals surface area contributed by atoms with Crippen molar-refractivity contribution in [2.45, 2.75) is 6.17 Å². The molecular formula is C38H26N4. The third kappa shape index (κ3) is 4.96. The summed E-state index contributed by atoms with van der Waals surface area (Å²) in [5.41, 5.74) is 7.99. The Hall–Kier alpha value is -5.79. The van der Waals surface area contributed by atoms with Crippen molar-refractivity contribution in [2.75, 3.05) is 0 Å². The summed E-state index contributed by atoms with van der Waals surface area (Å²) in [5, 5.41) is 15.4. The molecule has 0 spiro atoms. The molecule has 0 radical (unpaired) electrons. The van der Waals surface area contributed by atoms with Crippen LogP contribution in [0.4, 0.5) is 0 Å². The van der Waals surface area contributed by atoms with Gasteiger partial charge in [-0.2, -0.15) is 5.26 Å². The van der Waals surface area contributed by atoms with Crippen LogP contribution in [0.15, 0.2) is 156 Å². The fourth-order valence-corrected chi connectivity index (χ4v) is 5.37. The average Bonchev–Trinajstić information content (AvgIpc) is 3.08. The molecule has 6 aromatic carbocycles. The molecule has 1 atom stereocenters. The lowest BCUT2D eigenvalue weighted by Crippen LogP contribution is -2.33. The summed E-state index contributed by atoms with van der Waals surface area (Å²) in [6.07, 6.45) is -0.236. The first-order chi connectivity index (χ1) is 20.7. The monoisotopic (exact) mass is 538 g/mol. The van der Waals surface area contributed by atoms with Gasteiger partial charge in [0.25, 0.3) is 0 Å². The Balaban J connectivity index is 1.24. The topological polar surface area (TPSA) is 60.5 Å². The molecule has 42 heavy (non-hydrogen) atoms.